The zero-order valence-electron chi connectivity index (χ0n) is 9.42. The molecule has 0 aliphatic heterocycles. The van der Waals surface area contributed by atoms with Crippen molar-refractivity contribution in [3.05, 3.63) is 29.8 Å². The summed E-state index contributed by atoms with van der Waals surface area (Å²) < 4.78 is 0. The summed E-state index contributed by atoms with van der Waals surface area (Å²) in [6.45, 7) is 3.17. The first kappa shape index (κ1) is 10.5. The van der Waals surface area contributed by atoms with Crippen molar-refractivity contribution >= 4 is 5.69 Å². The quantitative estimate of drug-likeness (QED) is 0.740. The van der Waals surface area contributed by atoms with Gasteiger partial charge >= 0.3 is 0 Å². The molecule has 1 aliphatic rings. The van der Waals surface area contributed by atoms with Crippen LogP contribution in [0.4, 0.5) is 5.69 Å². The van der Waals surface area contributed by atoms with Gasteiger partial charge in [0.25, 0.3) is 0 Å². The molecule has 1 aliphatic carbocycles. The van der Waals surface area contributed by atoms with E-state index in [9.17, 15) is 0 Å². The van der Waals surface area contributed by atoms with Gasteiger partial charge in [-0.3, -0.25) is 0 Å². The van der Waals surface area contributed by atoms with Crippen molar-refractivity contribution in [3.63, 3.8) is 0 Å². The Balaban J connectivity index is 1.95. The molecule has 2 rings (SSSR count). The Labute approximate surface area is 91.9 Å². The average Bonchev–Trinajstić information content (AvgIpc) is 2.19. The Kier molecular flexibility index (Phi) is 2.96. The van der Waals surface area contributed by atoms with Crippen LogP contribution in [0.3, 0.4) is 0 Å². The van der Waals surface area contributed by atoms with Gasteiger partial charge in [0.15, 0.2) is 0 Å². The van der Waals surface area contributed by atoms with Crippen LogP contribution >= 0.6 is 0 Å². The zero-order valence-corrected chi connectivity index (χ0v) is 9.42. The van der Waals surface area contributed by atoms with Crippen LogP contribution in [0.5, 0.6) is 0 Å². The SMILES string of the molecule is CCC1(NCc2ccccc2N)CCC1. The van der Waals surface area contributed by atoms with Crippen LogP contribution in [0.2, 0.25) is 0 Å². The largest absolute Gasteiger partial charge is 0.398 e. The van der Waals surface area contributed by atoms with Crippen LogP contribution in [-0.4, -0.2) is 5.54 Å². The lowest BCUT2D eigenvalue weighted by Gasteiger charge is -2.42. The van der Waals surface area contributed by atoms with Gasteiger partial charge in [0.05, 0.1) is 0 Å². The van der Waals surface area contributed by atoms with E-state index >= 15 is 0 Å². The predicted molar refractivity (Wildman–Crippen MR) is 64.6 cm³/mol. The summed E-state index contributed by atoms with van der Waals surface area (Å²) >= 11 is 0. The minimum absolute atomic E-state index is 0.405. The number of hydrogen-bond acceptors (Lipinski definition) is 2. The number of para-hydroxylation sites is 1. The van der Waals surface area contributed by atoms with E-state index in [1.54, 1.807) is 0 Å². The fourth-order valence-corrected chi connectivity index (χ4v) is 2.24. The summed E-state index contributed by atoms with van der Waals surface area (Å²) in [6.07, 6.45) is 5.22. The van der Waals surface area contributed by atoms with Gasteiger partial charge in [-0.2, -0.15) is 0 Å². The molecule has 1 fully saturated rings. The topological polar surface area (TPSA) is 38.0 Å². The first-order valence-electron chi connectivity index (χ1n) is 5.84. The molecule has 1 saturated carbocycles. The van der Waals surface area contributed by atoms with Gasteiger partial charge in [0.2, 0.25) is 0 Å². The fourth-order valence-electron chi connectivity index (χ4n) is 2.24. The molecule has 1 aromatic rings. The second-order valence-electron chi connectivity index (χ2n) is 4.54. The third-order valence-corrected chi connectivity index (χ3v) is 3.70. The molecule has 0 bridgehead atoms. The molecule has 0 aromatic heterocycles. The summed E-state index contributed by atoms with van der Waals surface area (Å²) in [7, 11) is 0. The number of nitrogens with one attached hydrogen (secondary N) is 1. The Morgan fingerprint density at radius 2 is 2.07 bits per heavy atom. The normalized spacial score (nSPS) is 18.5. The van der Waals surface area contributed by atoms with Crippen LogP contribution < -0.4 is 11.1 Å². The molecular formula is C13H20N2. The first-order valence-corrected chi connectivity index (χ1v) is 5.84. The number of nitrogens with two attached hydrogens (primary N) is 1. The highest BCUT2D eigenvalue weighted by Crippen LogP contribution is 2.35. The lowest BCUT2D eigenvalue weighted by atomic mass is 9.75. The molecule has 2 nitrogen and oxygen atoms in total. The molecule has 0 atom stereocenters. The van der Waals surface area contributed by atoms with E-state index in [1.807, 2.05) is 18.2 Å². The number of rotatable bonds is 4. The minimum atomic E-state index is 0.405. The van der Waals surface area contributed by atoms with Gasteiger partial charge in [-0.1, -0.05) is 25.1 Å². The van der Waals surface area contributed by atoms with Crippen LogP contribution in [0.15, 0.2) is 24.3 Å². The second-order valence-corrected chi connectivity index (χ2v) is 4.54. The van der Waals surface area contributed by atoms with E-state index in [4.69, 9.17) is 5.73 Å². The molecule has 3 N–H and O–H groups in total. The molecule has 0 saturated heterocycles. The lowest BCUT2D eigenvalue weighted by Crippen LogP contribution is -2.49. The van der Waals surface area contributed by atoms with Crippen molar-refractivity contribution < 1.29 is 0 Å². The maximum Gasteiger partial charge on any atom is 0.0359 e. The fraction of sp³-hybridized carbons (Fsp3) is 0.538. The number of benzene rings is 1. The van der Waals surface area contributed by atoms with E-state index in [0.717, 1.165) is 12.2 Å². The lowest BCUT2D eigenvalue weighted by molar-refractivity contribution is 0.175. The molecule has 0 heterocycles. The Bertz CT molecular complexity index is 324. The number of nitrogen functional groups attached to an aromatic ring is 1. The van der Waals surface area contributed by atoms with E-state index < -0.39 is 0 Å². The molecule has 1 aromatic carbocycles. The third kappa shape index (κ3) is 2.15. The molecule has 2 heteroatoms. The van der Waals surface area contributed by atoms with Crippen LogP contribution in [0, 0.1) is 0 Å². The van der Waals surface area contributed by atoms with Gasteiger partial charge < -0.3 is 11.1 Å². The standard InChI is InChI=1S/C13H20N2/c1-2-13(8-5-9-13)15-10-11-6-3-4-7-12(11)14/h3-4,6-7,15H,2,5,8-10,14H2,1H3. The average molecular weight is 204 g/mol. The van der Waals surface area contributed by atoms with Gasteiger partial charge in [0, 0.05) is 17.8 Å². The zero-order chi connectivity index (χ0) is 10.7. The molecule has 0 spiro atoms. The van der Waals surface area contributed by atoms with Gasteiger partial charge in [-0.05, 0) is 37.3 Å². The summed E-state index contributed by atoms with van der Waals surface area (Å²) in [5.41, 5.74) is 8.43. The summed E-state index contributed by atoms with van der Waals surface area (Å²) in [4.78, 5) is 0. The molecule has 82 valence electrons. The van der Waals surface area contributed by atoms with Crippen molar-refractivity contribution in [3.8, 4) is 0 Å². The van der Waals surface area contributed by atoms with E-state index in [0.29, 0.717) is 5.54 Å². The molecular weight excluding hydrogens is 184 g/mol. The highest BCUT2D eigenvalue weighted by atomic mass is 15.0. The van der Waals surface area contributed by atoms with Crippen molar-refractivity contribution in [2.75, 3.05) is 5.73 Å². The van der Waals surface area contributed by atoms with E-state index in [-0.39, 0.29) is 0 Å². The van der Waals surface area contributed by atoms with Crippen LogP contribution in [0.1, 0.15) is 38.2 Å². The summed E-state index contributed by atoms with van der Waals surface area (Å²) in [5.74, 6) is 0. The molecule has 0 radical (unpaired) electrons. The Hall–Kier alpha value is -1.02. The van der Waals surface area contributed by atoms with Crippen LogP contribution in [0.25, 0.3) is 0 Å². The van der Waals surface area contributed by atoms with Gasteiger partial charge in [-0.25, -0.2) is 0 Å². The number of hydrogen-bond donors (Lipinski definition) is 2. The van der Waals surface area contributed by atoms with E-state index in [1.165, 1.54) is 31.2 Å². The predicted octanol–water partition coefficient (Wildman–Crippen LogP) is 2.69. The molecule has 15 heavy (non-hydrogen) atoms. The second kappa shape index (κ2) is 4.23. The molecule has 0 amide bonds. The van der Waals surface area contributed by atoms with E-state index in [2.05, 4.69) is 18.3 Å². The summed E-state index contributed by atoms with van der Waals surface area (Å²) in [5, 5.41) is 3.66. The van der Waals surface area contributed by atoms with Crippen molar-refractivity contribution in [1.82, 2.24) is 5.32 Å². The summed E-state index contributed by atoms with van der Waals surface area (Å²) in [6, 6.07) is 8.10. The minimum Gasteiger partial charge on any atom is -0.398 e. The first-order chi connectivity index (χ1) is 7.26. The highest BCUT2D eigenvalue weighted by Gasteiger charge is 2.34. The highest BCUT2D eigenvalue weighted by molar-refractivity contribution is 5.46. The van der Waals surface area contributed by atoms with Crippen molar-refractivity contribution in [2.24, 2.45) is 0 Å². The maximum absolute atomic E-state index is 5.91. The van der Waals surface area contributed by atoms with Crippen molar-refractivity contribution in [1.29, 1.82) is 0 Å². The van der Waals surface area contributed by atoms with Crippen molar-refractivity contribution in [2.45, 2.75) is 44.7 Å². The molecule has 0 unspecified atom stereocenters. The Morgan fingerprint density at radius 3 is 2.60 bits per heavy atom. The Morgan fingerprint density at radius 1 is 1.33 bits per heavy atom. The monoisotopic (exact) mass is 204 g/mol. The van der Waals surface area contributed by atoms with Gasteiger partial charge in [0.1, 0.15) is 0 Å². The van der Waals surface area contributed by atoms with Crippen LogP contribution in [-0.2, 0) is 6.54 Å². The third-order valence-electron chi connectivity index (χ3n) is 3.70. The number of anilines is 1. The smallest absolute Gasteiger partial charge is 0.0359 e. The maximum atomic E-state index is 5.91. The van der Waals surface area contributed by atoms with Gasteiger partial charge in [-0.15, -0.1) is 0 Å².